The highest BCUT2D eigenvalue weighted by Gasteiger charge is 2.13. The number of rotatable bonds is 3. The molecule has 0 saturated heterocycles. The number of hydrogen-bond acceptors (Lipinski definition) is 1. The second-order valence-electron chi connectivity index (χ2n) is 5.16. The zero-order valence-corrected chi connectivity index (χ0v) is 12.7. The van der Waals surface area contributed by atoms with Crippen molar-refractivity contribution in [3.63, 3.8) is 0 Å². The van der Waals surface area contributed by atoms with Crippen molar-refractivity contribution in [1.29, 1.82) is 0 Å². The van der Waals surface area contributed by atoms with E-state index < -0.39 is 0 Å². The van der Waals surface area contributed by atoms with Crippen LogP contribution in [0.1, 0.15) is 41.3 Å². The predicted octanol–water partition coefficient (Wildman–Crippen LogP) is 5.02. The molecular formula is C17H18ClNO. The van der Waals surface area contributed by atoms with Gasteiger partial charge in [0.1, 0.15) is 0 Å². The largest absolute Gasteiger partial charge is 0.321 e. The lowest BCUT2D eigenvalue weighted by atomic mass is 9.98. The van der Waals surface area contributed by atoms with Crippen LogP contribution in [-0.4, -0.2) is 5.91 Å². The smallest absolute Gasteiger partial charge is 0.255 e. The Morgan fingerprint density at radius 2 is 1.85 bits per heavy atom. The number of halogens is 1. The molecule has 0 unspecified atom stereocenters. The van der Waals surface area contributed by atoms with Crippen molar-refractivity contribution >= 4 is 23.2 Å². The fourth-order valence-corrected chi connectivity index (χ4v) is 2.35. The molecule has 0 bridgehead atoms. The Bertz CT molecular complexity index is 635. The second-order valence-corrected chi connectivity index (χ2v) is 5.59. The van der Waals surface area contributed by atoms with Crippen molar-refractivity contribution in [1.82, 2.24) is 0 Å². The molecular weight excluding hydrogens is 270 g/mol. The third-order valence-electron chi connectivity index (χ3n) is 3.25. The molecule has 3 heteroatoms. The lowest BCUT2D eigenvalue weighted by Crippen LogP contribution is -2.14. The minimum Gasteiger partial charge on any atom is -0.321 e. The SMILES string of the molecule is Cc1cccc(C(C)C)c1NC(=O)c1cccc(Cl)c1. The number of anilines is 1. The molecule has 20 heavy (non-hydrogen) atoms. The Balaban J connectivity index is 2.33. The van der Waals surface area contributed by atoms with Crippen LogP contribution < -0.4 is 5.32 Å². The highest BCUT2D eigenvalue weighted by atomic mass is 35.5. The van der Waals surface area contributed by atoms with E-state index in [1.165, 1.54) is 0 Å². The van der Waals surface area contributed by atoms with Gasteiger partial charge in [-0.15, -0.1) is 0 Å². The number of amides is 1. The van der Waals surface area contributed by atoms with Crippen molar-refractivity contribution < 1.29 is 4.79 Å². The summed E-state index contributed by atoms with van der Waals surface area (Å²) in [5.41, 5.74) is 3.66. The first kappa shape index (κ1) is 14.6. The Morgan fingerprint density at radius 3 is 2.50 bits per heavy atom. The zero-order valence-electron chi connectivity index (χ0n) is 11.9. The Labute approximate surface area is 124 Å². The molecule has 1 amide bonds. The van der Waals surface area contributed by atoms with E-state index in [0.717, 1.165) is 16.8 Å². The number of nitrogens with one attached hydrogen (secondary N) is 1. The molecule has 0 aliphatic carbocycles. The van der Waals surface area contributed by atoms with Crippen LogP contribution in [0.3, 0.4) is 0 Å². The van der Waals surface area contributed by atoms with E-state index in [-0.39, 0.29) is 5.91 Å². The van der Waals surface area contributed by atoms with Gasteiger partial charge in [0.05, 0.1) is 0 Å². The first-order valence-corrected chi connectivity index (χ1v) is 7.03. The summed E-state index contributed by atoms with van der Waals surface area (Å²) in [7, 11) is 0. The topological polar surface area (TPSA) is 29.1 Å². The third-order valence-corrected chi connectivity index (χ3v) is 3.49. The highest BCUT2D eigenvalue weighted by molar-refractivity contribution is 6.31. The summed E-state index contributed by atoms with van der Waals surface area (Å²) in [6.07, 6.45) is 0. The maximum atomic E-state index is 12.3. The number of carbonyl (C=O) groups excluding carboxylic acids is 1. The lowest BCUT2D eigenvalue weighted by Gasteiger charge is -2.16. The van der Waals surface area contributed by atoms with E-state index in [1.54, 1.807) is 24.3 Å². The van der Waals surface area contributed by atoms with Gasteiger partial charge >= 0.3 is 0 Å². The summed E-state index contributed by atoms with van der Waals surface area (Å²) >= 11 is 5.92. The maximum absolute atomic E-state index is 12.3. The fourth-order valence-electron chi connectivity index (χ4n) is 2.16. The number of carbonyl (C=O) groups is 1. The van der Waals surface area contributed by atoms with Crippen molar-refractivity contribution in [2.75, 3.05) is 5.32 Å². The van der Waals surface area contributed by atoms with E-state index in [1.807, 2.05) is 25.1 Å². The minimum absolute atomic E-state index is 0.135. The van der Waals surface area contributed by atoms with E-state index in [2.05, 4.69) is 19.2 Å². The molecule has 0 aromatic heterocycles. The summed E-state index contributed by atoms with van der Waals surface area (Å²) in [6, 6.07) is 13.0. The van der Waals surface area contributed by atoms with Crippen LogP contribution in [0, 0.1) is 6.92 Å². The van der Waals surface area contributed by atoms with Crippen molar-refractivity contribution in [3.8, 4) is 0 Å². The van der Waals surface area contributed by atoms with E-state index in [9.17, 15) is 4.79 Å². The Morgan fingerprint density at radius 1 is 1.15 bits per heavy atom. The van der Waals surface area contributed by atoms with Gasteiger partial charge in [0.25, 0.3) is 5.91 Å². The van der Waals surface area contributed by atoms with E-state index in [0.29, 0.717) is 16.5 Å². The van der Waals surface area contributed by atoms with Gasteiger partial charge in [-0.1, -0.05) is 49.7 Å². The van der Waals surface area contributed by atoms with Crippen LogP contribution >= 0.6 is 11.6 Å². The van der Waals surface area contributed by atoms with Crippen LogP contribution in [0.5, 0.6) is 0 Å². The molecule has 104 valence electrons. The monoisotopic (exact) mass is 287 g/mol. The first-order chi connectivity index (χ1) is 9.49. The van der Waals surface area contributed by atoms with Crippen LogP contribution in [0.4, 0.5) is 5.69 Å². The normalized spacial score (nSPS) is 10.7. The Kier molecular flexibility index (Phi) is 4.46. The predicted molar refractivity (Wildman–Crippen MR) is 84.7 cm³/mol. The van der Waals surface area contributed by atoms with Gasteiger partial charge in [-0.05, 0) is 42.2 Å². The molecule has 0 heterocycles. The molecule has 0 saturated carbocycles. The molecule has 0 spiro atoms. The van der Waals surface area contributed by atoms with Gasteiger partial charge < -0.3 is 5.32 Å². The molecule has 0 fully saturated rings. The van der Waals surface area contributed by atoms with Crippen molar-refractivity contribution in [3.05, 3.63) is 64.2 Å². The molecule has 1 N–H and O–H groups in total. The Hall–Kier alpha value is -1.80. The third kappa shape index (κ3) is 3.20. The van der Waals surface area contributed by atoms with Crippen LogP contribution in [0.15, 0.2) is 42.5 Å². The van der Waals surface area contributed by atoms with Gasteiger partial charge in [-0.2, -0.15) is 0 Å². The first-order valence-electron chi connectivity index (χ1n) is 6.65. The molecule has 0 aliphatic heterocycles. The number of benzene rings is 2. The highest BCUT2D eigenvalue weighted by Crippen LogP contribution is 2.28. The summed E-state index contributed by atoms with van der Waals surface area (Å²) in [4.78, 5) is 12.3. The molecule has 0 radical (unpaired) electrons. The molecule has 2 aromatic carbocycles. The van der Waals surface area contributed by atoms with Gasteiger partial charge in [-0.25, -0.2) is 0 Å². The van der Waals surface area contributed by atoms with Gasteiger partial charge in [0.15, 0.2) is 0 Å². The summed E-state index contributed by atoms with van der Waals surface area (Å²) < 4.78 is 0. The molecule has 0 aliphatic rings. The quantitative estimate of drug-likeness (QED) is 0.843. The van der Waals surface area contributed by atoms with Crippen LogP contribution in [0.25, 0.3) is 0 Å². The zero-order chi connectivity index (χ0) is 14.7. The van der Waals surface area contributed by atoms with Crippen LogP contribution in [0.2, 0.25) is 5.02 Å². The average Bonchev–Trinajstić information content (AvgIpc) is 2.40. The number of aryl methyl sites for hydroxylation is 1. The van der Waals surface area contributed by atoms with Crippen molar-refractivity contribution in [2.45, 2.75) is 26.7 Å². The molecule has 2 aromatic rings. The van der Waals surface area contributed by atoms with Gasteiger partial charge in [0, 0.05) is 16.3 Å². The maximum Gasteiger partial charge on any atom is 0.255 e. The van der Waals surface area contributed by atoms with Gasteiger partial charge in [0.2, 0.25) is 0 Å². The molecule has 2 nitrogen and oxygen atoms in total. The standard InChI is InChI=1S/C17H18ClNO/c1-11(2)15-9-4-6-12(3)16(15)19-17(20)13-7-5-8-14(18)10-13/h4-11H,1-3H3,(H,19,20). The average molecular weight is 288 g/mol. The van der Waals surface area contributed by atoms with Crippen molar-refractivity contribution in [2.24, 2.45) is 0 Å². The summed E-state index contributed by atoms with van der Waals surface area (Å²) in [6.45, 7) is 6.23. The fraction of sp³-hybridized carbons (Fsp3) is 0.235. The van der Waals surface area contributed by atoms with Crippen LogP contribution in [-0.2, 0) is 0 Å². The minimum atomic E-state index is -0.135. The van der Waals surface area contributed by atoms with Gasteiger partial charge in [-0.3, -0.25) is 4.79 Å². The number of hydrogen-bond donors (Lipinski definition) is 1. The summed E-state index contributed by atoms with van der Waals surface area (Å²) in [5.74, 6) is 0.216. The lowest BCUT2D eigenvalue weighted by molar-refractivity contribution is 0.102. The second kappa shape index (κ2) is 6.10. The summed E-state index contributed by atoms with van der Waals surface area (Å²) in [5, 5.41) is 3.57. The molecule has 0 atom stereocenters. The van der Waals surface area contributed by atoms with E-state index >= 15 is 0 Å². The number of para-hydroxylation sites is 1. The molecule has 2 rings (SSSR count). The van der Waals surface area contributed by atoms with E-state index in [4.69, 9.17) is 11.6 Å².